The van der Waals surface area contributed by atoms with E-state index in [2.05, 4.69) is 24.1 Å². The fraction of sp³-hybridized carbons (Fsp3) is 0.818. The molecule has 0 amide bonds. The monoisotopic (exact) mass is 244 g/mol. The molecule has 5 heteroatoms. The zero-order valence-corrected chi connectivity index (χ0v) is 10.8. The molecule has 1 atom stereocenters. The topological polar surface area (TPSA) is 41.6 Å². The Morgan fingerprint density at radius 1 is 1.69 bits per heavy atom. The van der Waals surface area contributed by atoms with Gasteiger partial charge >= 0.3 is 0 Å². The molecule has 0 aromatic carbocycles. The first kappa shape index (κ1) is 13.5. The van der Waals surface area contributed by atoms with Crippen molar-refractivity contribution >= 4 is 23.6 Å². The highest BCUT2D eigenvalue weighted by atomic mass is 32.1. The zero-order chi connectivity index (χ0) is 12.0. The van der Waals surface area contributed by atoms with Crippen LogP contribution in [0.15, 0.2) is 0 Å². The molecule has 1 fully saturated rings. The minimum Gasteiger partial charge on any atom is -0.452 e. The van der Waals surface area contributed by atoms with E-state index in [1.54, 1.807) is 0 Å². The van der Waals surface area contributed by atoms with E-state index >= 15 is 0 Å². The van der Waals surface area contributed by atoms with Crippen molar-refractivity contribution in [2.45, 2.75) is 38.8 Å². The summed E-state index contributed by atoms with van der Waals surface area (Å²) >= 11 is 5.15. The van der Waals surface area contributed by atoms with Crippen LogP contribution in [0.1, 0.15) is 26.7 Å². The van der Waals surface area contributed by atoms with Crippen LogP contribution in [-0.4, -0.2) is 48.1 Å². The predicted octanol–water partition coefficient (Wildman–Crippen LogP) is 0.949. The van der Waals surface area contributed by atoms with Gasteiger partial charge in [-0.05, 0) is 26.7 Å². The number of nitrogens with one attached hydrogen (secondary N) is 1. The fourth-order valence-electron chi connectivity index (χ4n) is 1.80. The lowest BCUT2D eigenvalue weighted by atomic mass is 10.1. The maximum absolute atomic E-state index is 10.2. The average Bonchev–Trinajstić information content (AvgIpc) is 2.64. The molecule has 1 saturated heterocycles. The molecular weight excluding hydrogens is 224 g/mol. The average molecular weight is 244 g/mol. The number of ether oxygens (including phenoxy) is 1. The minimum atomic E-state index is 0.373. The van der Waals surface area contributed by atoms with Gasteiger partial charge in [0.15, 0.2) is 0 Å². The second kappa shape index (κ2) is 6.93. The summed E-state index contributed by atoms with van der Waals surface area (Å²) in [6, 6.07) is 0.873. The molecule has 0 saturated carbocycles. The third kappa shape index (κ3) is 4.55. The normalized spacial score (nSPS) is 20.8. The van der Waals surface area contributed by atoms with E-state index in [4.69, 9.17) is 17.0 Å². The van der Waals surface area contributed by atoms with Gasteiger partial charge in [-0.3, -0.25) is 9.69 Å². The predicted molar refractivity (Wildman–Crippen MR) is 67.5 cm³/mol. The quantitative estimate of drug-likeness (QED) is 0.410. The lowest BCUT2D eigenvalue weighted by Crippen LogP contribution is -2.36. The third-order valence-corrected chi connectivity index (χ3v) is 3.18. The first-order valence-corrected chi connectivity index (χ1v) is 6.08. The molecule has 1 aliphatic heterocycles. The Morgan fingerprint density at radius 2 is 2.44 bits per heavy atom. The molecule has 16 heavy (non-hydrogen) atoms. The van der Waals surface area contributed by atoms with Crippen LogP contribution in [0, 0.1) is 0 Å². The van der Waals surface area contributed by atoms with Crippen LogP contribution in [-0.2, 0) is 9.53 Å². The Labute approximate surface area is 102 Å². The van der Waals surface area contributed by atoms with Gasteiger partial charge in [-0.1, -0.05) is 12.2 Å². The van der Waals surface area contributed by atoms with Crippen molar-refractivity contribution in [1.82, 2.24) is 10.2 Å². The lowest BCUT2D eigenvalue weighted by molar-refractivity contribution is -0.134. The van der Waals surface area contributed by atoms with Gasteiger partial charge in [-0.2, -0.15) is 0 Å². The number of hydrogen-bond acceptors (Lipinski definition) is 5. The highest BCUT2D eigenvalue weighted by Gasteiger charge is 2.19. The SMILES string of the molecule is CC(C)N(CCC1CC(=S)CN1)COC=O. The molecule has 1 aliphatic rings. The van der Waals surface area contributed by atoms with E-state index in [1.165, 1.54) is 0 Å². The first-order valence-electron chi connectivity index (χ1n) is 5.68. The van der Waals surface area contributed by atoms with Crippen molar-refractivity contribution in [3.05, 3.63) is 0 Å². The molecule has 1 N–H and O–H groups in total. The molecule has 1 rings (SSSR count). The van der Waals surface area contributed by atoms with Gasteiger partial charge in [-0.25, -0.2) is 0 Å². The molecule has 0 aromatic heterocycles. The smallest absolute Gasteiger partial charge is 0.294 e. The van der Waals surface area contributed by atoms with Gasteiger partial charge in [0, 0.05) is 30.0 Å². The van der Waals surface area contributed by atoms with Gasteiger partial charge < -0.3 is 10.1 Å². The Hall–Kier alpha value is -0.520. The van der Waals surface area contributed by atoms with Crippen molar-refractivity contribution in [3.63, 3.8) is 0 Å². The zero-order valence-electron chi connectivity index (χ0n) is 9.94. The van der Waals surface area contributed by atoms with Crippen molar-refractivity contribution in [2.24, 2.45) is 0 Å². The molecule has 0 aromatic rings. The van der Waals surface area contributed by atoms with Crippen LogP contribution in [0.2, 0.25) is 0 Å². The molecule has 1 heterocycles. The van der Waals surface area contributed by atoms with E-state index in [0.717, 1.165) is 30.8 Å². The van der Waals surface area contributed by atoms with Gasteiger partial charge in [-0.15, -0.1) is 0 Å². The summed E-state index contributed by atoms with van der Waals surface area (Å²) < 4.78 is 4.79. The molecular formula is C11H20N2O2S. The fourth-order valence-corrected chi connectivity index (χ4v) is 2.09. The van der Waals surface area contributed by atoms with Crippen LogP contribution in [0.5, 0.6) is 0 Å². The van der Waals surface area contributed by atoms with Crippen LogP contribution in [0.25, 0.3) is 0 Å². The Balaban J connectivity index is 2.26. The molecule has 1 unspecified atom stereocenters. The second-order valence-electron chi connectivity index (χ2n) is 4.41. The van der Waals surface area contributed by atoms with Crippen molar-refractivity contribution in [1.29, 1.82) is 0 Å². The summed E-state index contributed by atoms with van der Waals surface area (Å²) in [5, 5.41) is 3.38. The van der Waals surface area contributed by atoms with Gasteiger partial charge in [0.2, 0.25) is 0 Å². The van der Waals surface area contributed by atoms with Crippen LogP contribution >= 0.6 is 12.2 Å². The molecule has 0 spiro atoms. The van der Waals surface area contributed by atoms with Crippen molar-refractivity contribution in [2.75, 3.05) is 19.8 Å². The van der Waals surface area contributed by atoms with Gasteiger partial charge in [0.1, 0.15) is 6.73 Å². The van der Waals surface area contributed by atoms with E-state index in [9.17, 15) is 4.79 Å². The highest BCUT2D eigenvalue weighted by molar-refractivity contribution is 7.80. The number of carbonyl (C=O) groups excluding carboxylic acids is 1. The van der Waals surface area contributed by atoms with E-state index < -0.39 is 0 Å². The molecule has 4 nitrogen and oxygen atoms in total. The maximum atomic E-state index is 10.2. The number of hydrogen-bond donors (Lipinski definition) is 1. The standard InChI is InChI=1S/C11H20N2O2S/c1-9(2)13(7-15-8-14)4-3-10-5-11(16)6-12-10/h8-10,12H,3-7H2,1-2H3. The van der Waals surface area contributed by atoms with E-state index in [1.807, 2.05) is 0 Å². The number of carbonyl (C=O) groups is 1. The lowest BCUT2D eigenvalue weighted by Gasteiger charge is -2.26. The van der Waals surface area contributed by atoms with E-state index in [-0.39, 0.29) is 0 Å². The Kier molecular flexibility index (Phi) is 5.87. The van der Waals surface area contributed by atoms with Gasteiger partial charge in [0.25, 0.3) is 6.47 Å². The minimum absolute atomic E-state index is 0.373. The van der Waals surface area contributed by atoms with Crippen LogP contribution in [0.4, 0.5) is 0 Å². The summed E-state index contributed by atoms with van der Waals surface area (Å²) in [4.78, 5) is 13.4. The Morgan fingerprint density at radius 3 is 2.94 bits per heavy atom. The maximum Gasteiger partial charge on any atom is 0.294 e. The van der Waals surface area contributed by atoms with Crippen LogP contribution < -0.4 is 5.32 Å². The summed E-state index contributed by atoms with van der Waals surface area (Å²) in [5.41, 5.74) is 0. The first-order chi connectivity index (χ1) is 7.63. The summed E-state index contributed by atoms with van der Waals surface area (Å²) in [7, 11) is 0. The Bertz CT molecular complexity index is 246. The summed E-state index contributed by atoms with van der Waals surface area (Å²) in [6.45, 7) is 6.86. The molecule has 0 bridgehead atoms. The summed E-state index contributed by atoms with van der Waals surface area (Å²) in [6.07, 6.45) is 2.04. The molecule has 0 radical (unpaired) electrons. The highest BCUT2D eigenvalue weighted by Crippen LogP contribution is 2.09. The second-order valence-corrected chi connectivity index (χ2v) is 4.98. The third-order valence-electron chi connectivity index (χ3n) is 2.87. The number of rotatable bonds is 7. The largest absolute Gasteiger partial charge is 0.452 e. The molecule has 0 aliphatic carbocycles. The number of nitrogens with zero attached hydrogens (tertiary/aromatic N) is 1. The summed E-state index contributed by atoms with van der Waals surface area (Å²) in [5.74, 6) is 0. The molecule has 92 valence electrons. The number of thiocarbonyl (C=S) groups is 1. The van der Waals surface area contributed by atoms with Crippen LogP contribution in [0.3, 0.4) is 0 Å². The van der Waals surface area contributed by atoms with Gasteiger partial charge in [0.05, 0.1) is 0 Å². The van der Waals surface area contributed by atoms with Crippen molar-refractivity contribution in [3.8, 4) is 0 Å². The van der Waals surface area contributed by atoms with E-state index in [0.29, 0.717) is 25.3 Å². The van der Waals surface area contributed by atoms with Crippen molar-refractivity contribution < 1.29 is 9.53 Å².